The average molecular weight is 321 g/mol. The normalized spacial score (nSPS) is 20.8. The molecule has 0 amide bonds. The van der Waals surface area contributed by atoms with E-state index >= 15 is 0 Å². The minimum Gasteiger partial charge on any atom is -0.376 e. The molecule has 1 unspecified atom stereocenters. The first-order chi connectivity index (χ1) is 9.32. The zero-order valence-corrected chi connectivity index (χ0v) is 12.2. The number of nitro benzene ring substituents is 1. The van der Waals surface area contributed by atoms with Crippen LogP contribution in [-0.2, 0) is 14.8 Å². The van der Waals surface area contributed by atoms with Crippen LogP contribution in [0, 0.1) is 10.1 Å². The van der Waals surface area contributed by atoms with Crippen molar-refractivity contribution in [2.45, 2.75) is 17.9 Å². The quantitative estimate of drug-likeness (QED) is 0.624. The zero-order valence-electron chi connectivity index (χ0n) is 10.7. The maximum Gasteiger partial charge on any atom is 0.271 e. The van der Waals surface area contributed by atoms with Crippen LogP contribution < -0.4 is 0 Å². The first kappa shape index (κ1) is 15.2. The van der Waals surface area contributed by atoms with Crippen molar-refractivity contribution in [3.05, 3.63) is 33.3 Å². The fourth-order valence-corrected chi connectivity index (χ4v) is 3.97. The van der Waals surface area contributed by atoms with Gasteiger partial charge in [-0.2, -0.15) is 4.31 Å². The van der Waals surface area contributed by atoms with Crippen LogP contribution in [0.1, 0.15) is 6.92 Å². The monoisotopic (exact) mass is 320 g/mol. The number of nitrogens with zero attached hydrogens (tertiary/aromatic N) is 2. The average Bonchev–Trinajstić information content (AvgIpc) is 2.38. The van der Waals surface area contributed by atoms with Gasteiger partial charge in [0.2, 0.25) is 10.0 Å². The molecular formula is C11H13ClN2O5S. The highest BCUT2D eigenvalue weighted by Gasteiger charge is 2.31. The number of ether oxygens (including phenoxy) is 1. The number of sulfonamides is 1. The van der Waals surface area contributed by atoms with E-state index in [1.807, 2.05) is 0 Å². The van der Waals surface area contributed by atoms with Gasteiger partial charge in [-0.3, -0.25) is 10.1 Å². The maximum absolute atomic E-state index is 12.5. The predicted molar refractivity (Wildman–Crippen MR) is 72.3 cm³/mol. The van der Waals surface area contributed by atoms with Crippen molar-refractivity contribution in [3.8, 4) is 0 Å². The van der Waals surface area contributed by atoms with Crippen molar-refractivity contribution in [1.82, 2.24) is 4.31 Å². The van der Waals surface area contributed by atoms with Crippen LogP contribution in [0.2, 0.25) is 5.02 Å². The summed E-state index contributed by atoms with van der Waals surface area (Å²) in [6, 6.07) is 3.33. The molecule has 2 rings (SSSR count). The van der Waals surface area contributed by atoms with E-state index in [-0.39, 0.29) is 34.8 Å². The Balaban J connectivity index is 2.36. The predicted octanol–water partition coefficient (Wildman–Crippen LogP) is 1.66. The first-order valence-electron chi connectivity index (χ1n) is 5.88. The number of nitro groups is 1. The second-order valence-corrected chi connectivity index (χ2v) is 6.73. The van der Waals surface area contributed by atoms with Crippen molar-refractivity contribution < 1.29 is 18.1 Å². The SMILES string of the molecule is CC1CN(S(=O)(=O)c2ccc([N+](=O)[O-])cc2Cl)CCO1. The Bertz CT molecular complexity index is 634. The molecule has 0 bridgehead atoms. The highest BCUT2D eigenvalue weighted by atomic mass is 35.5. The molecular weight excluding hydrogens is 308 g/mol. The summed E-state index contributed by atoms with van der Waals surface area (Å²) >= 11 is 5.87. The first-order valence-corrected chi connectivity index (χ1v) is 7.70. The van der Waals surface area contributed by atoms with E-state index in [9.17, 15) is 18.5 Å². The third-order valence-electron chi connectivity index (χ3n) is 2.95. The number of rotatable bonds is 3. The van der Waals surface area contributed by atoms with Crippen LogP contribution in [0.5, 0.6) is 0 Å². The van der Waals surface area contributed by atoms with Gasteiger partial charge in [-0.1, -0.05) is 11.6 Å². The fourth-order valence-electron chi connectivity index (χ4n) is 1.96. The summed E-state index contributed by atoms with van der Waals surface area (Å²) in [4.78, 5) is 9.88. The molecule has 110 valence electrons. The standard InChI is InChI=1S/C11H13ClN2O5S/c1-8-7-13(4-5-19-8)20(17,18)11-3-2-9(14(15)16)6-10(11)12/h2-3,6,8H,4-5,7H2,1H3. The van der Waals surface area contributed by atoms with E-state index in [1.54, 1.807) is 6.92 Å². The molecule has 1 aliphatic rings. The van der Waals surface area contributed by atoms with E-state index in [0.717, 1.165) is 18.2 Å². The second-order valence-electron chi connectivity index (χ2n) is 4.42. The fraction of sp³-hybridized carbons (Fsp3) is 0.455. The van der Waals surface area contributed by atoms with Gasteiger partial charge in [0.1, 0.15) is 4.90 Å². The lowest BCUT2D eigenvalue weighted by Gasteiger charge is -2.30. The molecule has 1 fully saturated rings. The Morgan fingerprint density at radius 3 is 2.75 bits per heavy atom. The van der Waals surface area contributed by atoms with Crippen LogP contribution in [0.4, 0.5) is 5.69 Å². The van der Waals surface area contributed by atoms with Crippen molar-refractivity contribution in [2.24, 2.45) is 0 Å². The van der Waals surface area contributed by atoms with Crippen LogP contribution in [0.15, 0.2) is 23.1 Å². The van der Waals surface area contributed by atoms with Crippen LogP contribution in [0.25, 0.3) is 0 Å². The van der Waals surface area contributed by atoms with Crippen LogP contribution >= 0.6 is 11.6 Å². The number of halogens is 1. The second kappa shape index (κ2) is 5.65. The molecule has 1 aromatic carbocycles. The third kappa shape index (κ3) is 2.93. The van der Waals surface area contributed by atoms with E-state index in [0.29, 0.717) is 6.61 Å². The molecule has 0 N–H and O–H groups in total. The van der Waals surface area contributed by atoms with Gasteiger partial charge in [0.25, 0.3) is 5.69 Å². The smallest absolute Gasteiger partial charge is 0.271 e. The molecule has 1 heterocycles. The van der Waals surface area contributed by atoms with Gasteiger partial charge < -0.3 is 4.74 Å². The van der Waals surface area contributed by atoms with Crippen molar-refractivity contribution in [1.29, 1.82) is 0 Å². The van der Waals surface area contributed by atoms with Crippen LogP contribution in [-0.4, -0.2) is 43.4 Å². The van der Waals surface area contributed by atoms with Crippen LogP contribution in [0.3, 0.4) is 0 Å². The molecule has 1 aromatic rings. The Hall–Kier alpha value is -1.22. The molecule has 1 aliphatic heterocycles. The maximum atomic E-state index is 12.5. The molecule has 9 heteroatoms. The highest BCUT2D eigenvalue weighted by Crippen LogP contribution is 2.29. The summed E-state index contributed by atoms with van der Waals surface area (Å²) in [6.45, 7) is 2.56. The summed E-state index contributed by atoms with van der Waals surface area (Å²) in [7, 11) is -3.77. The number of benzene rings is 1. The largest absolute Gasteiger partial charge is 0.376 e. The van der Waals surface area contributed by atoms with Gasteiger partial charge in [0.15, 0.2) is 0 Å². The summed E-state index contributed by atoms with van der Waals surface area (Å²) in [5.41, 5.74) is -0.246. The molecule has 0 saturated carbocycles. The summed E-state index contributed by atoms with van der Waals surface area (Å²) in [5.74, 6) is 0. The molecule has 1 saturated heterocycles. The Morgan fingerprint density at radius 1 is 1.50 bits per heavy atom. The Kier molecular flexibility index (Phi) is 4.28. The van der Waals surface area contributed by atoms with Gasteiger partial charge in [-0.25, -0.2) is 8.42 Å². The zero-order chi connectivity index (χ0) is 14.9. The van der Waals surface area contributed by atoms with E-state index < -0.39 is 14.9 Å². The Morgan fingerprint density at radius 2 is 2.20 bits per heavy atom. The Labute approximate surface area is 121 Å². The number of morpholine rings is 1. The minimum absolute atomic E-state index is 0.126. The van der Waals surface area contributed by atoms with Gasteiger partial charge in [0, 0.05) is 25.2 Å². The van der Waals surface area contributed by atoms with E-state index in [2.05, 4.69) is 0 Å². The van der Waals surface area contributed by atoms with E-state index in [4.69, 9.17) is 16.3 Å². The summed E-state index contributed by atoms with van der Waals surface area (Å²) < 4.78 is 31.5. The van der Waals surface area contributed by atoms with Crippen molar-refractivity contribution in [3.63, 3.8) is 0 Å². The van der Waals surface area contributed by atoms with Gasteiger partial charge in [-0.05, 0) is 13.0 Å². The minimum atomic E-state index is -3.77. The summed E-state index contributed by atoms with van der Waals surface area (Å²) in [6.07, 6.45) is -0.199. The number of hydrogen-bond acceptors (Lipinski definition) is 5. The molecule has 7 nitrogen and oxygen atoms in total. The molecule has 1 atom stereocenters. The lowest BCUT2D eigenvalue weighted by molar-refractivity contribution is -0.384. The van der Waals surface area contributed by atoms with Crippen molar-refractivity contribution >= 4 is 27.3 Å². The lowest BCUT2D eigenvalue weighted by Crippen LogP contribution is -2.44. The highest BCUT2D eigenvalue weighted by molar-refractivity contribution is 7.89. The van der Waals surface area contributed by atoms with Gasteiger partial charge in [0.05, 0.1) is 22.7 Å². The molecule has 20 heavy (non-hydrogen) atoms. The molecule has 0 aromatic heterocycles. The van der Waals surface area contributed by atoms with E-state index in [1.165, 1.54) is 4.31 Å². The van der Waals surface area contributed by atoms with Gasteiger partial charge >= 0.3 is 0 Å². The molecule has 0 spiro atoms. The number of hydrogen-bond donors (Lipinski definition) is 0. The topological polar surface area (TPSA) is 89.8 Å². The summed E-state index contributed by atoms with van der Waals surface area (Å²) in [5, 5.41) is 10.5. The van der Waals surface area contributed by atoms with Gasteiger partial charge in [-0.15, -0.1) is 0 Å². The third-order valence-corrected chi connectivity index (χ3v) is 5.30. The lowest BCUT2D eigenvalue weighted by atomic mass is 10.3. The molecule has 0 radical (unpaired) electrons. The number of non-ortho nitro benzene ring substituents is 1. The molecule has 0 aliphatic carbocycles. The van der Waals surface area contributed by atoms with Crippen molar-refractivity contribution in [2.75, 3.05) is 19.7 Å².